The minimum absolute atomic E-state index is 0.101. The van der Waals surface area contributed by atoms with E-state index < -0.39 is 5.54 Å². The minimum atomic E-state index is -0.653. The highest BCUT2D eigenvalue weighted by molar-refractivity contribution is 7.80. The third-order valence-corrected chi connectivity index (χ3v) is 4.16. The molecule has 1 saturated carbocycles. The van der Waals surface area contributed by atoms with Gasteiger partial charge in [-0.1, -0.05) is 19.1 Å². The molecule has 0 aromatic rings. The van der Waals surface area contributed by atoms with E-state index in [9.17, 15) is 9.59 Å². The fourth-order valence-electron chi connectivity index (χ4n) is 2.70. The maximum Gasteiger partial charge on any atom is 0.325 e. The molecule has 0 radical (unpaired) electrons. The van der Waals surface area contributed by atoms with Gasteiger partial charge in [0.1, 0.15) is 5.54 Å². The van der Waals surface area contributed by atoms with Crippen molar-refractivity contribution < 1.29 is 9.59 Å². The van der Waals surface area contributed by atoms with Crippen LogP contribution in [0.1, 0.15) is 39.0 Å². The molecule has 0 unspecified atom stereocenters. The number of imide groups is 1. The van der Waals surface area contributed by atoms with Crippen LogP contribution >= 0.6 is 12.2 Å². The monoisotopic (exact) mass is 269 g/mol. The molecule has 2 rings (SSSR count). The van der Waals surface area contributed by atoms with Crippen molar-refractivity contribution in [3.05, 3.63) is 0 Å². The first-order valence-corrected chi connectivity index (χ1v) is 6.78. The quantitative estimate of drug-likeness (QED) is 0.595. The number of rotatable bonds is 3. The number of carbonyl (C=O) groups excluding carboxylic acids is 2. The second-order valence-corrected chi connectivity index (χ2v) is 5.89. The molecule has 1 heterocycles. The lowest BCUT2D eigenvalue weighted by atomic mass is 9.77. The average molecular weight is 269 g/mol. The molecule has 18 heavy (non-hydrogen) atoms. The Balaban J connectivity index is 2.06. The summed E-state index contributed by atoms with van der Waals surface area (Å²) >= 11 is 4.78. The van der Waals surface area contributed by atoms with Crippen LogP contribution in [0.2, 0.25) is 0 Å². The third kappa shape index (κ3) is 2.34. The van der Waals surface area contributed by atoms with Gasteiger partial charge in [0.2, 0.25) is 0 Å². The Morgan fingerprint density at radius 2 is 2.11 bits per heavy atom. The van der Waals surface area contributed by atoms with Gasteiger partial charge in [-0.25, -0.2) is 4.79 Å². The minimum Gasteiger partial charge on any atom is -0.393 e. The number of nitrogens with two attached hydrogens (primary N) is 1. The Hall–Kier alpha value is -1.17. The molecule has 1 spiro atoms. The lowest BCUT2D eigenvalue weighted by Gasteiger charge is -2.33. The van der Waals surface area contributed by atoms with Crippen molar-refractivity contribution in [3.63, 3.8) is 0 Å². The Morgan fingerprint density at radius 1 is 1.50 bits per heavy atom. The predicted octanol–water partition coefficient (Wildman–Crippen LogP) is 1.16. The van der Waals surface area contributed by atoms with Crippen molar-refractivity contribution in [1.82, 2.24) is 10.2 Å². The number of urea groups is 1. The Labute approximate surface area is 112 Å². The molecule has 3 N–H and O–H groups in total. The molecule has 3 amide bonds. The maximum atomic E-state index is 12.4. The number of amides is 3. The summed E-state index contributed by atoms with van der Waals surface area (Å²) in [6, 6.07) is -0.300. The van der Waals surface area contributed by atoms with Gasteiger partial charge in [0.15, 0.2) is 0 Å². The van der Waals surface area contributed by atoms with Gasteiger partial charge in [0.25, 0.3) is 5.91 Å². The first kappa shape index (κ1) is 13.3. The van der Waals surface area contributed by atoms with Crippen LogP contribution in [-0.4, -0.2) is 33.9 Å². The van der Waals surface area contributed by atoms with E-state index in [4.69, 9.17) is 18.0 Å². The first-order valence-electron chi connectivity index (χ1n) is 6.37. The van der Waals surface area contributed by atoms with Crippen LogP contribution in [0, 0.1) is 5.92 Å². The molecule has 2 aliphatic rings. The van der Waals surface area contributed by atoms with E-state index >= 15 is 0 Å². The summed E-state index contributed by atoms with van der Waals surface area (Å²) in [5.74, 6) is 0.529. The summed E-state index contributed by atoms with van der Waals surface area (Å²) in [5.41, 5.74) is 4.76. The van der Waals surface area contributed by atoms with Gasteiger partial charge in [0, 0.05) is 13.0 Å². The summed E-state index contributed by atoms with van der Waals surface area (Å²) in [7, 11) is 0. The molecule has 100 valence electrons. The fourth-order valence-corrected chi connectivity index (χ4v) is 2.79. The van der Waals surface area contributed by atoms with E-state index in [1.54, 1.807) is 0 Å². The van der Waals surface area contributed by atoms with Crippen LogP contribution in [0.4, 0.5) is 4.79 Å². The number of nitrogens with zero attached hydrogens (tertiary/aromatic N) is 1. The van der Waals surface area contributed by atoms with E-state index in [-0.39, 0.29) is 18.5 Å². The molecule has 6 heteroatoms. The van der Waals surface area contributed by atoms with Crippen LogP contribution in [0.25, 0.3) is 0 Å². The lowest BCUT2D eigenvalue weighted by molar-refractivity contribution is -0.132. The molecule has 0 aromatic heterocycles. The molecule has 0 bridgehead atoms. The molecule has 0 atom stereocenters. The van der Waals surface area contributed by atoms with E-state index in [0.717, 1.165) is 25.7 Å². The highest BCUT2D eigenvalue weighted by Gasteiger charge is 2.51. The molecular formula is C12H19N3O2S. The zero-order valence-electron chi connectivity index (χ0n) is 10.6. The molecule has 1 saturated heterocycles. The van der Waals surface area contributed by atoms with Crippen molar-refractivity contribution in [2.24, 2.45) is 11.7 Å². The van der Waals surface area contributed by atoms with Crippen molar-refractivity contribution in [2.75, 3.05) is 6.54 Å². The molecule has 1 aliphatic heterocycles. The summed E-state index contributed by atoms with van der Waals surface area (Å²) in [4.78, 5) is 25.8. The van der Waals surface area contributed by atoms with Crippen LogP contribution in [-0.2, 0) is 4.79 Å². The summed E-state index contributed by atoms with van der Waals surface area (Å²) in [5, 5.41) is 2.87. The number of hydrogen-bond donors (Lipinski definition) is 2. The van der Waals surface area contributed by atoms with Gasteiger partial charge < -0.3 is 11.1 Å². The Bertz CT molecular complexity index is 389. The Morgan fingerprint density at radius 3 is 2.67 bits per heavy atom. The summed E-state index contributed by atoms with van der Waals surface area (Å²) < 4.78 is 0. The van der Waals surface area contributed by atoms with Crippen LogP contribution in [0.3, 0.4) is 0 Å². The molecule has 0 aromatic carbocycles. The zero-order chi connectivity index (χ0) is 13.3. The van der Waals surface area contributed by atoms with Gasteiger partial charge in [-0.05, 0) is 31.6 Å². The number of carbonyl (C=O) groups is 2. The highest BCUT2D eigenvalue weighted by atomic mass is 32.1. The van der Waals surface area contributed by atoms with Crippen molar-refractivity contribution in [3.8, 4) is 0 Å². The maximum absolute atomic E-state index is 12.4. The third-order valence-electron chi connectivity index (χ3n) is 3.96. The second kappa shape index (κ2) is 4.84. The highest BCUT2D eigenvalue weighted by Crippen LogP contribution is 2.36. The number of hydrogen-bond acceptors (Lipinski definition) is 3. The van der Waals surface area contributed by atoms with E-state index in [2.05, 4.69) is 12.2 Å². The smallest absolute Gasteiger partial charge is 0.325 e. The average Bonchev–Trinajstić information content (AvgIpc) is 2.53. The lowest BCUT2D eigenvalue weighted by Crippen LogP contribution is -2.49. The Kier molecular flexibility index (Phi) is 3.56. The normalized spacial score (nSPS) is 31.8. The number of thiocarbonyl (C=S) groups is 1. The van der Waals surface area contributed by atoms with Crippen molar-refractivity contribution in [2.45, 2.75) is 44.6 Å². The largest absolute Gasteiger partial charge is 0.393 e. The summed E-state index contributed by atoms with van der Waals surface area (Å²) in [6.07, 6.45) is 3.83. The van der Waals surface area contributed by atoms with Gasteiger partial charge >= 0.3 is 6.03 Å². The van der Waals surface area contributed by atoms with Gasteiger partial charge in [0.05, 0.1) is 4.99 Å². The van der Waals surface area contributed by atoms with Gasteiger partial charge in [-0.3, -0.25) is 9.69 Å². The predicted molar refractivity (Wildman–Crippen MR) is 72.0 cm³/mol. The molecule has 2 fully saturated rings. The van der Waals surface area contributed by atoms with E-state index in [1.165, 1.54) is 4.90 Å². The van der Waals surface area contributed by atoms with E-state index in [1.807, 2.05) is 0 Å². The van der Waals surface area contributed by atoms with E-state index in [0.29, 0.717) is 17.3 Å². The van der Waals surface area contributed by atoms with Crippen LogP contribution in [0.5, 0.6) is 0 Å². The van der Waals surface area contributed by atoms with Crippen LogP contribution in [0.15, 0.2) is 0 Å². The molecule has 5 nitrogen and oxygen atoms in total. The van der Waals surface area contributed by atoms with Gasteiger partial charge in [-0.15, -0.1) is 0 Å². The molecule has 1 aliphatic carbocycles. The SMILES string of the molecule is CC1CCC2(CC1)NC(=O)N(CCC(N)=S)C2=O. The topological polar surface area (TPSA) is 75.4 Å². The van der Waals surface area contributed by atoms with Gasteiger partial charge in [-0.2, -0.15) is 0 Å². The second-order valence-electron chi connectivity index (χ2n) is 5.37. The van der Waals surface area contributed by atoms with Crippen molar-refractivity contribution >= 4 is 29.1 Å². The molecular weight excluding hydrogens is 250 g/mol. The van der Waals surface area contributed by atoms with Crippen LogP contribution < -0.4 is 11.1 Å². The first-order chi connectivity index (χ1) is 8.44. The summed E-state index contributed by atoms with van der Waals surface area (Å²) in [6.45, 7) is 2.47. The van der Waals surface area contributed by atoms with Crippen molar-refractivity contribution in [1.29, 1.82) is 0 Å². The standard InChI is InChI=1S/C12H19N3O2S/c1-8-2-5-12(6-3-8)10(16)15(11(17)14-12)7-4-9(13)18/h8H,2-7H2,1H3,(H2,13,18)(H,14,17). The zero-order valence-corrected chi connectivity index (χ0v) is 11.4. The fraction of sp³-hybridized carbons (Fsp3) is 0.750. The number of nitrogens with one attached hydrogen (secondary N) is 1.